The van der Waals surface area contributed by atoms with Crippen LogP contribution in [-0.4, -0.2) is 31.4 Å². The Morgan fingerprint density at radius 1 is 1.13 bits per heavy atom. The van der Waals surface area contributed by atoms with Gasteiger partial charge in [0.1, 0.15) is 0 Å². The van der Waals surface area contributed by atoms with Gasteiger partial charge in [-0.1, -0.05) is 12.5 Å². The van der Waals surface area contributed by atoms with Gasteiger partial charge in [0, 0.05) is 18.6 Å². The molecular formula is C17H27ClN2O2S. The van der Waals surface area contributed by atoms with Crippen molar-refractivity contribution in [2.45, 2.75) is 68.8 Å². The van der Waals surface area contributed by atoms with E-state index in [1.807, 2.05) is 19.1 Å². The molecule has 3 rings (SSSR count). The molecule has 0 bridgehead atoms. The number of hydrogen-bond acceptors (Lipinski definition) is 3. The van der Waals surface area contributed by atoms with E-state index in [9.17, 15) is 8.42 Å². The molecule has 130 valence electrons. The Morgan fingerprint density at radius 3 is 2.52 bits per heavy atom. The van der Waals surface area contributed by atoms with E-state index in [4.69, 9.17) is 5.73 Å². The average molecular weight is 359 g/mol. The quantitative estimate of drug-likeness (QED) is 0.903. The number of sulfonamides is 1. The summed E-state index contributed by atoms with van der Waals surface area (Å²) in [7, 11) is -3.44. The summed E-state index contributed by atoms with van der Waals surface area (Å²) < 4.78 is 27.8. The van der Waals surface area contributed by atoms with Crippen LogP contribution in [0.15, 0.2) is 23.1 Å². The highest BCUT2D eigenvalue weighted by Crippen LogP contribution is 2.29. The Morgan fingerprint density at radius 2 is 1.83 bits per heavy atom. The normalized spacial score (nSPS) is 23.7. The molecule has 0 spiro atoms. The number of fused-ring (bicyclic) bond motifs is 1. The lowest BCUT2D eigenvalue weighted by molar-refractivity contribution is 0.227. The molecule has 2 N–H and O–H groups in total. The maximum atomic E-state index is 13.1. The van der Waals surface area contributed by atoms with Gasteiger partial charge in [-0.2, -0.15) is 4.31 Å². The van der Waals surface area contributed by atoms with Gasteiger partial charge in [-0.15, -0.1) is 12.4 Å². The summed E-state index contributed by atoms with van der Waals surface area (Å²) in [6.45, 7) is 2.50. The standard InChI is InChI=1S/C17H26N2O2S.ClH/c1-13(18)17-8-4-5-11-19(17)22(20,21)16-10-9-14-6-2-3-7-15(14)12-16;/h9-10,12-13,17H,2-8,11,18H2,1H3;1H. The highest BCUT2D eigenvalue weighted by atomic mass is 35.5. The zero-order valence-electron chi connectivity index (χ0n) is 13.7. The van der Waals surface area contributed by atoms with Crippen molar-refractivity contribution in [3.8, 4) is 0 Å². The molecule has 1 aromatic rings. The van der Waals surface area contributed by atoms with E-state index in [1.165, 1.54) is 17.5 Å². The van der Waals surface area contributed by atoms with E-state index in [-0.39, 0.29) is 24.5 Å². The van der Waals surface area contributed by atoms with Gasteiger partial charge in [-0.25, -0.2) is 8.42 Å². The van der Waals surface area contributed by atoms with Crippen LogP contribution in [0.25, 0.3) is 0 Å². The molecule has 6 heteroatoms. The monoisotopic (exact) mass is 358 g/mol. The minimum atomic E-state index is -3.44. The summed E-state index contributed by atoms with van der Waals surface area (Å²) in [6, 6.07) is 5.48. The molecule has 2 atom stereocenters. The first-order valence-electron chi connectivity index (χ1n) is 8.39. The number of piperidine rings is 1. The average Bonchev–Trinajstić information content (AvgIpc) is 2.54. The second-order valence-corrected chi connectivity index (χ2v) is 8.57. The third-order valence-electron chi connectivity index (χ3n) is 5.03. The van der Waals surface area contributed by atoms with Crippen LogP contribution < -0.4 is 5.73 Å². The molecule has 0 aromatic heterocycles. The van der Waals surface area contributed by atoms with E-state index in [0.717, 1.165) is 38.5 Å². The van der Waals surface area contributed by atoms with E-state index in [0.29, 0.717) is 11.4 Å². The molecular weight excluding hydrogens is 332 g/mol. The fraction of sp³-hybridized carbons (Fsp3) is 0.647. The fourth-order valence-electron chi connectivity index (χ4n) is 3.76. The summed E-state index contributed by atoms with van der Waals surface area (Å²) in [4.78, 5) is 0.445. The molecule has 0 radical (unpaired) electrons. The summed E-state index contributed by atoms with van der Waals surface area (Å²) in [5.74, 6) is 0. The Kier molecular flexibility index (Phi) is 6.11. The van der Waals surface area contributed by atoms with Crippen LogP contribution >= 0.6 is 12.4 Å². The third kappa shape index (κ3) is 3.73. The Balaban J connectivity index is 0.00000192. The van der Waals surface area contributed by atoms with Gasteiger partial charge < -0.3 is 5.73 Å². The van der Waals surface area contributed by atoms with Crippen LogP contribution in [0.1, 0.15) is 50.2 Å². The first-order chi connectivity index (χ1) is 10.5. The van der Waals surface area contributed by atoms with Crippen molar-refractivity contribution in [3.05, 3.63) is 29.3 Å². The third-order valence-corrected chi connectivity index (χ3v) is 6.95. The Hall–Kier alpha value is -0.620. The maximum Gasteiger partial charge on any atom is 0.243 e. The molecule has 4 nitrogen and oxygen atoms in total. The van der Waals surface area contributed by atoms with Crippen LogP contribution in [0.4, 0.5) is 0 Å². The largest absolute Gasteiger partial charge is 0.326 e. The molecule has 1 aliphatic carbocycles. The molecule has 1 saturated heterocycles. The smallest absolute Gasteiger partial charge is 0.243 e. The second-order valence-electron chi connectivity index (χ2n) is 6.68. The van der Waals surface area contributed by atoms with Crippen molar-refractivity contribution in [1.82, 2.24) is 4.31 Å². The predicted molar refractivity (Wildman–Crippen MR) is 95.5 cm³/mol. The van der Waals surface area contributed by atoms with Gasteiger partial charge >= 0.3 is 0 Å². The van der Waals surface area contributed by atoms with Crippen LogP contribution in [0.3, 0.4) is 0 Å². The minimum Gasteiger partial charge on any atom is -0.326 e. The van der Waals surface area contributed by atoms with E-state index >= 15 is 0 Å². The number of nitrogens with zero attached hydrogens (tertiary/aromatic N) is 1. The maximum absolute atomic E-state index is 13.1. The number of halogens is 1. The van der Waals surface area contributed by atoms with Crippen LogP contribution in [-0.2, 0) is 22.9 Å². The molecule has 0 saturated carbocycles. The van der Waals surface area contributed by atoms with Gasteiger partial charge in [-0.05, 0) is 68.7 Å². The van der Waals surface area contributed by atoms with Gasteiger partial charge in [0.2, 0.25) is 10.0 Å². The van der Waals surface area contributed by atoms with E-state index in [1.54, 1.807) is 10.4 Å². The van der Waals surface area contributed by atoms with Crippen molar-refractivity contribution in [3.63, 3.8) is 0 Å². The lowest BCUT2D eigenvalue weighted by atomic mass is 9.92. The summed E-state index contributed by atoms with van der Waals surface area (Å²) in [5, 5.41) is 0. The number of benzene rings is 1. The van der Waals surface area contributed by atoms with Crippen molar-refractivity contribution in [2.75, 3.05) is 6.54 Å². The number of aryl methyl sites for hydroxylation is 2. The number of hydrogen-bond donors (Lipinski definition) is 1. The highest BCUT2D eigenvalue weighted by molar-refractivity contribution is 7.89. The lowest BCUT2D eigenvalue weighted by Gasteiger charge is -2.37. The zero-order chi connectivity index (χ0) is 15.7. The Bertz CT molecular complexity index is 646. The van der Waals surface area contributed by atoms with Crippen molar-refractivity contribution < 1.29 is 8.42 Å². The molecule has 1 aromatic carbocycles. The van der Waals surface area contributed by atoms with E-state index < -0.39 is 10.0 Å². The molecule has 0 amide bonds. The molecule has 1 fully saturated rings. The molecule has 23 heavy (non-hydrogen) atoms. The van der Waals surface area contributed by atoms with Crippen molar-refractivity contribution in [1.29, 1.82) is 0 Å². The van der Waals surface area contributed by atoms with Crippen LogP contribution in [0.5, 0.6) is 0 Å². The van der Waals surface area contributed by atoms with Gasteiger partial charge in [0.25, 0.3) is 0 Å². The van der Waals surface area contributed by atoms with Gasteiger partial charge in [0.15, 0.2) is 0 Å². The predicted octanol–water partition coefficient (Wildman–Crippen LogP) is 2.88. The number of rotatable bonds is 3. The molecule has 2 aliphatic rings. The first-order valence-corrected chi connectivity index (χ1v) is 9.83. The fourth-order valence-corrected chi connectivity index (χ4v) is 5.59. The second kappa shape index (κ2) is 7.51. The SMILES string of the molecule is CC(N)C1CCCCN1S(=O)(=O)c1ccc2c(c1)CCCC2.Cl. The highest BCUT2D eigenvalue weighted by Gasteiger charge is 2.35. The van der Waals surface area contributed by atoms with Crippen molar-refractivity contribution in [2.24, 2.45) is 5.73 Å². The zero-order valence-corrected chi connectivity index (χ0v) is 15.3. The van der Waals surface area contributed by atoms with Crippen LogP contribution in [0, 0.1) is 0 Å². The van der Waals surface area contributed by atoms with Crippen molar-refractivity contribution >= 4 is 22.4 Å². The number of nitrogens with two attached hydrogens (primary N) is 1. The first kappa shape index (κ1) is 18.7. The summed E-state index contributed by atoms with van der Waals surface area (Å²) in [5.41, 5.74) is 8.56. The van der Waals surface area contributed by atoms with E-state index in [2.05, 4.69) is 0 Å². The van der Waals surface area contributed by atoms with Gasteiger partial charge in [0.05, 0.1) is 4.90 Å². The Labute approximate surface area is 145 Å². The molecule has 1 aliphatic heterocycles. The lowest BCUT2D eigenvalue weighted by Crippen LogP contribution is -2.51. The summed E-state index contributed by atoms with van der Waals surface area (Å²) in [6.07, 6.45) is 7.27. The molecule has 2 unspecified atom stereocenters. The van der Waals surface area contributed by atoms with Crippen LogP contribution in [0.2, 0.25) is 0 Å². The topological polar surface area (TPSA) is 63.4 Å². The minimum absolute atomic E-state index is 0. The molecule has 1 heterocycles. The van der Waals surface area contributed by atoms with Gasteiger partial charge in [-0.3, -0.25) is 0 Å². The summed E-state index contributed by atoms with van der Waals surface area (Å²) >= 11 is 0.